The Hall–Kier alpha value is -1.86. The predicted molar refractivity (Wildman–Crippen MR) is 108 cm³/mol. The lowest BCUT2D eigenvalue weighted by molar-refractivity contribution is -0.130. The van der Waals surface area contributed by atoms with Crippen LogP contribution >= 0.6 is 23.1 Å². The highest BCUT2D eigenvalue weighted by Gasteiger charge is 2.22. The molecular formula is C20H24N2O3S2. The van der Waals surface area contributed by atoms with Crippen LogP contribution in [0.5, 0.6) is 0 Å². The van der Waals surface area contributed by atoms with Crippen LogP contribution in [0.1, 0.15) is 55.1 Å². The topological polar surface area (TPSA) is 68.3 Å². The summed E-state index contributed by atoms with van der Waals surface area (Å²) in [6.45, 7) is 1.62. The second kappa shape index (κ2) is 9.90. The third-order valence-electron chi connectivity index (χ3n) is 4.56. The van der Waals surface area contributed by atoms with Gasteiger partial charge in [0.2, 0.25) is 0 Å². The number of rotatable bonds is 7. The molecule has 0 aliphatic heterocycles. The molecule has 2 aromatic rings. The van der Waals surface area contributed by atoms with Gasteiger partial charge in [-0.15, -0.1) is 23.1 Å². The van der Waals surface area contributed by atoms with Gasteiger partial charge in [0.25, 0.3) is 5.91 Å². The molecule has 1 aliphatic carbocycles. The number of ether oxygens (including phenoxy) is 1. The van der Waals surface area contributed by atoms with E-state index >= 15 is 0 Å². The molecule has 1 fully saturated rings. The van der Waals surface area contributed by atoms with Gasteiger partial charge in [0.15, 0.2) is 6.10 Å². The van der Waals surface area contributed by atoms with Gasteiger partial charge < -0.3 is 10.1 Å². The Bertz CT molecular complexity index is 741. The molecule has 1 unspecified atom stereocenters. The van der Waals surface area contributed by atoms with E-state index in [1.165, 1.54) is 6.42 Å². The maximum absolute atomic E-state index is 12.3. The van der Waals surface area contributed by atoms with E-state index in [1.54, 1.807) is 42.2 Å². The van der Waals surface area contributed by atoms with Crippen molar-refractivity contribution in [3.63, 3.8) is 0 Å². The molecule has 0 spiro atoms. The number of hydrogen-bond donors (Lipinski definition) is 1. The number of thiazole rings is 1. The summed E-state index contributed by atoms with van der Waals surface area (Å²) < 4.78 is 5.33. The van der Waals surface area contributed by atoms with Crippen LogP contribution in [0, 0.1) is 0 Å². The van der Waals surface area contributed by atoms with Crippen LogP contribution in [0.2, 0.25) is 0 Å². The summed E-state index contributed by atoms with van der Waals surface area (Å²) in [6.07, 6.45) is 4.74. The summed E-state index contributed by atoms with van der Waals surface area (Å²) in [5, 5.41) is 5.02. The zero-order valence-electron chi connectivity index (χ0n) is 15.3. The first-order valence-corrected chi connectivity index (χ1v) is 11.2. The van der Waals surface area contributed by atoms with Crippen LogP contribution in [-0.4, -0.2) is 29.0 Å². The van der Waals surface area contributed by atoms with E-state index < -0.39 is 12.1 Å². The number of nitrogens with one attached hydrogen (secondary N) is 1. The Labute approximate surface area is 167 Å². The highest BCUT2D eigenvalue weighted by molar-refractivity contribution is 7.98. The molecule has 144 valence electrons. The number of benzene rings is 1. The molecule has 7 heteroatoms. The monoisotopic (exact) mass is 404 g/mol. The Morgan fingerprint density at radius 3 is 2.67 bits per heavy atom. The average Bonchev–Trinajstić information content (AvgIpc) is 3.21. The second-order valence-electron chi connectivity index (χ2n) is 6.68. The number of hydrogen-bond acceptors (Lipinski definition) is 6. The minimum absolute atomic E-state index is 0.210. The van der Waals surface area contributed by atoms with Gasteiger partial charge in [-0.3, -0.25) is 4.79 Å². The fourth-order valence-corrected chi connectivity index (χ4v) is 4.47. The van der Waals surface area contributed by atoms with Crippen molar-refractivity contribution in [2.45, 2.75) is 61.8 Å². The Kier molecular flexibility index (Phi) is 7.29. The number of esters is 1. The molecular weight excluding hydrogens is 380 g/mol. The normalized spacial score (nSPS) is 15.9. The first-order chi connectivity index (χ1) is 13.1. The second-order valence-corrected chi connectivity index (χ2v) is 8.45. The van der Waals surface area contributed by atoms with Crippen molar-refractivity contribution in [1.29, 1.82) is 0 Å². The third-order valence-corrected chi connectivity index (χ3v) is 6.25. The Morgan fingerprint density at radius 1 is 1.26 bits per heavy atom. The predicted octanol–water partition coefficient (Wildman–Crippen LogP) is 4.43. The van der Waals surface area contributed by atoms with Gasteiger partial charge in [0.05, 0.1) is 16.8 Å². The van der Waals surface area contributed by atoms with E-state index in [1.807, 2.05) is 23.0 Å². The molecule has 3 rings (SSSR count). The third kappa shape index (κ3) is 6.07. The van der Waals surface area contributed by atoms with Gasteiger partial charge in [-0.25, -0.2) is 9.78 Å². The molecule has 1 amide bonds. The quantitative estimate of drug-likeness (QED) is 0.546. The molecule has 1 aliphatic rings. The van der Waals surface area contributed by atoms with E-state index in [-0.39, 0.29) is 11.9 Å². The van der Waals surface area contributed by atoms with E-state index in [0.717, 1.165) is 42.0 Å². The van der Waals surface area contributed by atoms with Gasteiger partial charge in [-0.1, -0.05) is 19.3 Å². The van der Waals surface area contributed by atoms with Gasteiger partial charge >= 0.3 is 5.97 Å². The molecule has 5 nitrogen and oxygen atoms in total. The van der Waals surface area contributed by atoms with Gasteiger partial charge in [0.1, 0.15) is 0 Å². The highest BCUT2D eigenvalue weighted by atomic mass is 32.2. The SMILES string of the molecule is CC(OC(=O)c1ccc(SCc2cscn2)cc1)C(=O)NC1CCCCC1. The van der Waals surface area contributed by atoms with E-state index in [0.29, 0.717) is 5.56 Å². The minimum atomic E-state index is -0.793. The number of amides is 1. The van der Waals surface area contributed by atoms with Crippen LogP contribution < -0.4 is 5.32 Å². The summed E-state index contributed by atoms with van der Waals surface area (Å²) in [4.78, 5) is 29.8. The van der Waals surface area contributed by atoms with Gasteiger partial charge in [0, 0.05) is 22.1 Å². The Morgan fingerprint density at radius 2 is 2.00 bits per heavy atom. The van der Waals surface area contributed by atoms with E-state index in [4.69, 9.17) is 4.74 Å². The van der Waals surface area contributed by atoms with Crippen LogP contribution in [0.3, 0.4) is 0 Å². The summed E-state index contributed by atoms with van der Waals surface area (Å²) in [6, 6.07) is 7.46. The lowest BCUT2D eigenvalue weighted by atomic mass is 9.95. The molecule has 0 saturated heterocycles. The molecule has 1 aromatic heterocycles. The van der Waals surface area contributed by atoms with Crippen molar-refractivity contribution in [2.24, 2.45) is 0 Å². The number of carbonyl (C=O) groups excluding carboxylic acids is 2. The average molecular weight is 405 g/mol. The molecule has 0 radical (unpaired) electrons. The Balaban J connectivity index is 1.47. The van der Waals surface area contributed by atoms with Crippen molar-refractivity contribution in [1.82, 2.24) is 10.3 Å². The zero-order valence-corrected chi connectivity index (χ0v) is 17.0. The minimum Gasteiger partial charge on any atom is -0.449 e. The summed E-state index contributed by atoms with van der Waals surface area (Å²) in [5.74, 6) is 0.106. The van der Waals surface area contributed by atoms with Crippen LogP contribution in [0.25, 0.3) is 0 Å². The standard InChI is InChI=1S/C20H24N2O3S2/c1-14(19(23)22-16-5-3-2-4-6-16)25-20(24)15-7-9-18(10-8-15)27-12-17-11-26-13-21-17/h7-11,13-14,16H,2-6,12H2,1H3,(H,22,23). The van der Waals surface area contributed by atoms with Crippen LogP contribution in [0.4, 0.5) is 0 Å². The largest absolute Gasteiger partial charge is 0.449 e. The fourth-order valence-electron chi connectivity index (χ4n) is 3.00. The lowest BCUT2D eigenvalue weighted by Gasteiger charge is -2.24. The smallest absolute Gasteiger partial charge is 0.338 e. The van der Waals surface area contributed by atoms with Crippen molar-refractivity contribution in [2.75, 3.05) is 0 Å². The van der Waals surface area contributed by atoms with Crippen LogP contribution in [0.15, 0.2) is 40.1 Å². The van der Waals surface area contributed by atoms with E-state index in [9.17, 15) is 9.59 Å². The van der Waals surface area contributed by atoms with Crippen molar-refractivity contribution >= 4 is 35.0 Å². The number of carbonyl (C=O) groups is 2. The molecule has 27 heavy (non-hydrogen) atoms. The highest BCUT2D eigenvalue weighted by Crippen LogP contribution is 2.23. The molecule has 1 N–H and O–H groups in total. The van der Waals surface area contributed by atoms with Gasteiger partial charge in [-0.2, -0.15) is 0 Å². The molecule has 1 atom stereocenters. The maximum Gasteiger partial charge on any atom is 0.338 e. The molecule has 1 saturated carbocycles. The number of aromatic nitrogens is 1. The van der Waals surface area contributed by atoms with Crippen molar-refractivity contribution in [3.05, 3.63) is 46.4 Å². The fraction of sp³-hybridized carbons (Fsp3) is 0.450. The summed E-state index contributed by atoms with van der Waals surface area (Å²) in [5.41, 5.74) is 3.32. The maximum atomic E-state index is 12.3. The summed E-state index contributed by atoms with van der Waals surface area (Å²) >= 11 is 3.25. The van der Waals surface area contributed by atoms with Crippen LogP contribution in [-0.2, 0) is 15.3 Å². The van der Waals surface area contributed by atoms with Crippen molar-refractivity contribution < 1.29 is 14.3 Å². The first-order valence-electron chi connectivity index (χ1n) is 9.23. The lowest BCUT2D eigenvalue weighted by Crippen LogP contribution is -2.42. The zero-order chi connectivity index (χ0) is 19.1. The molecule has 1 heterocycles. The molecule has 0 bridgehead atoms. The van der Waals surface area contributed by atoms with Crippen molar-refractivity contribution in [3.8, 4) is 0 Å². The first kappa shape index (κ1) is 19.9. The molecule has 1 aromatic carbocycles. The number of nitrogens with zero attached hydrogens (tertiary/aromatic N) is 1. The number of thioether (sulfide) groups is 1. The van der Waals surface area contributed by atoms with Gasteiger partial charge in [-0.05, 0) is 44.0 Å². The van der Waals surface area contributed by atoms with E-state index in [2.05, 4.69) is 10.3 Å². The summed E-state index contributed by atoms with van der Waals surface area (Å²) in [7, 11) is 0.